The predicted molar refractivity (Wildman–Crippen MR) is 85.4 cm³/mol. The minimum Gasteiger partial charge on any atom is -0.307 e. The number of hydrogen-bond acceptors (Lipinski definition) is 2. The van der Waals surface area contributed by atoms with Gasteiger partial charge in [0.2, 0.25) is 0 Å². The average Bonchev–Trinajstić information content (AvgIpc) is 2.88. The lowest BCUT2D eigenvalue weighted by molar-refractivity contribution is 0.467. The van der Waals surface area contributed by atoms with Crippen LogP contribution in [-0.2, 0) is 12.8 Å². The molecule has 2 atom stereocenters. The zero-order chi connectivity index (χ0) is 14.8. The molecule has 1 aliphatic carbocycles. The molecular formula is C18H17ClN2. The molecule has 3 rings (SSSR count). The second-order valence-corrected chi connectivity index (χ2v) is 6.08. The summed E-state index contributed by atoms with van der Waals surface area (Å²) in [5.74, 6) is 0. The normalized spacial score (nSPS) is 18.0. The minimum absolute atomic E-state index is 0.271. The van der Waals surface area contributed by atoms with Gasteiger partial charge in [0.25, 0.3) is 0 Å². The molecule has 0 amide bonds. The second kappa shape index (κ2) is 5.89. The van der Waals surface area contributed by atoms with Gasteiger partial charge in [-0.1, -0.05) is 29.8 Å². The van der Waals surface area contributed by atoms with Crippen LogP contribution in [0, 0.1) is 11.3 Å². The van der Waals surface area contributed by atoms with Gasteiger partial charge in [0.1, 0.15) is 0 Å². The average molecular weight is 297 g/mol. The van der Waals surface area contributed by atoms with E-state index in [1.165, 1.54) is 16.7 Å². The SMILES string of the molecule is CC(NC1Cc2ccc(Cl)cc2C1)c1ccc(C#N)cc1. The van der Waals surface area contributed by atoms with E-state index in [1.54, 1.807) is 0 Å². The summed E-state index contributed by atoms with van der Waals surface area (Å²) in [6.07, 6.45) is 2.07. The quantitative estimate of drug-likeness (QED) is 0.928. The van der Waals surface area contributed by atoms with Crippen molar-refractivity contribution in [3.63, 3.8) is 0 Å². The van der Waals surface area contributed by atoms with Crippen molar-refractivity contribution < 1.29 is 0 Å². The van der Waals surface area contributed by atoms with E-state index >= 15 is 0 Å². The summed E-state index contributed by atoms with van der Waals surface area (Å²) in [4.78, 5) is 0. The molecule has 2 aromatic carbocycles. The van der Waals surface area contributed by atoms with Crippen molar-refractivity contribution in [3.05, 3.63) is 69.7 Å². The maximum Gasteiger partial charge on any atom is 0.0991 e. The molecule has 2 aromatic rings. The first kappa shape index (κ1) is 14.1. The third kappa shape index (κ3) is 3.10. The van der Waals surface area contributed by atoms with Gasteiger partial charge in [-0.2, -0.15) is 5.26 Å². The van der Waals surface area contributed by atoms with Crippen LogP contribution in [0.1, 0.15) is 35.2 Å². The van der Waals surface area contributed by atoms with Crippen LogP contribution < -0.4 is 5.32 Å². The molecule has 106 valence electrons. The van der Waals surface area contributed by atoms with E-state index in [1.807, 2.05) is 30.3 Å². The molecule has 0 saturated heterocycles. The zero-order valence-electron chi connectivity index (χ0n) is 11.9. The van der Waals surface area contributed by atoms with E-state index < -0.39 is 0 Å². The van der Waals surface area contributed by atoms with Gasteiger partial charge < -0.3 is 5.32 Å². The first-order valence-corrected chi connectivity index (χ1v) is 7.57. The maximum atomic E-state index is 8.84. The molecule has 0 fully saturated rings. The Hall–Kier alpha value is -1.82. The molecule has 2 unspecified atom stereocenters. The monoisotopic (exact) mass is 296 g/mol. The van der Waals surface area contributed by atoms with Crippen molar-refractivity contribution >= 4 is 11.6 Å². The lowest BCUT2D eigenvalue weighted by Gasteiger charge is -2.19. The van der Waals surface area contributed by atoms with Crippen LogP contribution >= 0.6 is 11.6 Å². The van der Waals surface area contributed by atoms with Crippen LogP contribution in [0.25, 0.3) is 0 Å². The molecule has 0 radical (unpaired) electrons. The van der Waals surface area contributed by atoms with Gasteiger partial charge in [-0.15, -0.1) is 0 Å². The Morgan fingerprint density at radius 3 is 2.57 bits per heavy atom. The van der Waals surface area contributed by atoms with Gasteiger partial charge in [0, 0.05) is 17.1 Å². The van der Waals surface area contributed by atoms with E-state index in [2.05, 4.69) is 30.4 Å². The fourth-order valence-corrected chi connectivity index (χ4v) is 3.20. The third-order valence-electron chi connectivity index (χ3n) is 4.13. The summed E-state index contributed by atoms with van der Waals surface area (Å²) < 4.78 is 0. The van der Waals surface area contributed by atoms with Crippen LogP contribution in [-0.4, -0.2) is 6.04 Å². The van der Waals surface area contributed by atoms with Gasteiger partial charge in [0.15, 0.2) is 0 Å². The fraction of sp³-hybridized carbons (Fsp3) is 0.278. The van der Waals surface area contributed by atoms with Crippen LogP contribution in [0.15, 0.2) is 42.5 Å². The number of nitriles is 1. The number of nitrogens with one attached hydrogen (secondary N) is 1. The number of benzene rings is 2. The van der Waals surface area contributed by atoms with Crippen molar-refractivity contribution in [2.45, 2.75) is 31.8 Å². The number of fused-ring (bicyclic) bond motifs is 1. The van der Waals surface area contributed by atoms with Gasteiger partial charge >= 0.3 is 0 Å². The summed E-state index contributed by atoms with van der Waals surface area (Å²) >= 11 is 6.05. The van der Waals surface area contributed by atoms with E-state index in [0.29, 0.717) is 11.6 Å². The molecule has 0 bridgehead atoms. The third-order valence-corrected chi connectivity index (χ3v) is 4.36. The van der Waals surface area contributed by atoms with E-state index in [9.17, 15) is 0 Å². The fourth-order valence-electron chi connectivity index (χ4n) is 3.00. The van der Waals surface area contributed by atoms with Crippen molar-refractivity contribution in [1.82, 2.24) is 5.32 Å². The highest BCUT2D eigenvalue weighted by atomic mass is 35.5. The summed E-state index contributed by atoms with van der Waals surface area (Å²) in [6.45, 7) is 2.16. The Morgan fingerprint density at radius 2 is 1.86 bits per heavy atom. The predicted octanol–water partition coefficient (Wildman–Crippen LogP) is 4.03. The lowest BCUT2D eigenvalue weighted by Crippen LogP contribution is -2.32. The van der Waals surface area contributed by atoms with E-state index in [-0.39, 0.29) is 6.04 Å². The number of nitrogens with zero attached hydrogens (tertiary/aromatic N) is 1. The Balaban J connectivity index is 1.66. The number of halogens is 1. The summed E-state index contributed by atoms with van der Waals surface area (Å²) in [6, 6.07) is 16.8. The van der Waals surface area contributed by atoms with Gasteiger partial charge in [-0.3, -0.25) is 0 Å². The van der Waals surface area contributed by atoms with Crippen molar-refractivity contribution in [1.29, 1.82) is 5.26 Å². The topological polar surface area (TPSA) is 35.8 Å². The maximum absolute atomic E-state index is 8.84. The molecule has 1 aliphatic rings. The summed E-state index contributed by atoms with van der Waals surface area (Å²) in [5, 5.41) is 13.3. The summed E-state index contributed by atoms with van der Waals surface area (Å²) in [7, 11) is 0. The zero-order valence-corrected chi connectivity index (χ0v) is 12.7. The highest BCUT2D eigenvalue weighted by Crippen LogP contribution is 2.27. The molecule has 1 N–H and O–H groups in total. The van der Waals surface area contributed by atoms with E-state index in [4.69, 9.17) is 16.9 Å². The molecule has 3 heteroatoms. The lowest BCUT2D eigenvalue weighted by atomic mass is 10.0. The van der Waals surface area contributed by atoms with Crippen LogP contribution in [0.3, 0.4) is 0 Å². The largest absolute Gasteiger partial charge is 0.307 e. The van der Waals surface area contributed by atoms with Crippen LogP contribution in [0.4, 0.5) is 0 Å². The molecule has 21 heavy (non-hydrogen) atoms. The summed E-state index contributed by atoms with van der Waals surface area (Å²) in [5.41, 5.74) is 4.66. The molecule has 0 saturated carbocycles. The Labute approximate surface area is 130 Å². The number of hydrogen-bond donors (Lipinski definition) is 1. The van der Waals surface area contributed by atoms with Crippen LogP contribution in [0.5, 0.6) is 0 Å². The highest BCUT2D eigenvalue weighted by Gasteiger charge is 2.23. The van der Waals surface area contributed by atoms with Gasteiger partial charge in [-0.05, 0) is 60.7 Å². The molecule has 0 heterocycles. The molecule has 0 spiro atoms. The standard InChI is InChI=1S/C18H17ClN2/c1-12(14-4-2-13(11-20)3-5-14)21-18-9-15-6-7-17(19)8-16(15)10-18/h2-8,12,18,21H,9-10H2,1H3. The Bertz CT molecular complexity index is 685. The first-order valence-electron chi connectivity index (χ1n) is 7.19. The minimum atomic E-state index is 0.271. The molecule has 0 aliphatic heterocycles. The Kier molecular flexibility index (Phi) is 3.96. The number of rotatable bonds is 3. The second-order valence-electron chi connectivity index (χ2n) is 5.64. The molecule has 2 nitrogen and oxygen atoms in total. The van der Waals surface area contributed by atoms with E-state index in [0.717, 1.165) is 17.9 Å². The first-order chi connectivity index (χ1) is 10.2. The van der Waals surface area contributed by atoms with Crippen molar-refractivity contribution in [2.24, 2.45) is 0 Å². The van der Waals surface area contributed by atoms with Gasteiger partial charge in [0.05, 0.1) is 11.6 Å². The van der Waals surface area contributed by atoms with Crippen LogP contribution in [0.2, 0.25) is 5.02 Å². The van der Waals surface area contributed by atoms with Crippen molar-refractivity contribution in [3.8, 4) is 6.07 Å². The highest BCUT2D eigenvalue weighted by molar-refractivity contribution is 6.30. The van der Waals surface area contributed by atoms with Gasteiger partial charge in [-0.25, -0.2) is 0 Å². The van der Waals surface area contributed by atoms with Crippen molar-refractivity contribution in [2.75, 3.05) is 0 Å². The smallest absolute Gasteiger partial charge is 0.0991 e. The Morgan fingerprint density at radius 1 is 1.14 bits per heavy atom. The molecule has 0 aromatic heterocycles. The molecular weight excluding hydrogens is 280 g/mol.